The number of hydrogen-bond donors (Lipinski definition) is 4. The van der Waals surface area contributed by atoms with Crippen LogP contribution in [0.4, 0.5) is 11.6 Å². The Morgan fingerprint density at radius 1 is 1.28 bits per heavy atom. The smallest absolute Gasteiger partial charge is 0.350 e. The van der Waals surface area contributed by atoms with Gasteiger partial charge in [0, 0.05) is 17.7 Å². The van der Waals surface area contributed by atoms with Gasteiger partial charge in [-0.3, -0.25) is 9.78 Å². The van der Waals surface area contributed by atoms with Crippen LogP contribution in [0.3, 0.4) is 0 Å². The second kappa shape index (κ2) is 6.43. The standard InChI is InChI=1S/C15H14N6O4/c16-14-19-12-9(7-17-21(12)15(25)20-14)3-6-11(22)18-10-4-1-8(2-5-10)13(23)24/h1-2,4-5,7H,3,6H2,(H,18,22)(H,23,24)(H3,16,19,20,25). The number of fused-ring (bicyclic) bond motifs is 1. The third-order valence-corrected chi connectivity index (χ3v) is 3.51. The van der Waals surface area contributed by atoms with Gasteiger partial charge in [0.05, 0.1) is 11.8 Å². The lowest BCUT2D eigenvalue weighted by atomic mass is 10.1. The van der Waals surface area contributed by atoms with Crippen molar-refractivity contribution in [3.05, 3.63) is 52.1 Å². The molecule has 25 heavy (non-hydrogen) atoms. The summed E-state index contributed by atoms with van der Waals surface area (Å²) in [4.78, 5) is 40.8. The molecule has 0 atom stereocenters. The number of hydrogen-bond acceptors (Lipinski definition) is 6. The number of nitrogens with two attached hydrogens (primary N) is 1. The highest BCUT2D eigenvalue weighted by Gasteiger charge is 2.11. The van der Waals surface area contributed by atoms with E-state index in [1.54, 1.807) is 0 Å². The zero-order valence-corrected chi connectivity index (χ0v) is 12.9. The Kier molecular flexibility index (Phi) is 4.16. The number of benzene rings is 1. The molecule has 3 aromatic rings. The Hall–Kier alpha value is -3.69. The van der Waals surface area contributed by atoms with Crippen LogP contribution in [0.2, 0.25) is 0 Å². The third-order valence-electron chi connectivity index (χ3n) is 3.51. The quantitative estimate of drug-likeness (QED) is 0.518. The molecule has 5 N–H and O–H groups in total. The number of aromatic carboxylic acids is 1. The largest absolute Gasteiger partial charge is 0.478 e. The van der Waals surface area contributed by atoms with E-state index in [1.807, 2.05) is 0 Å². The Labute approximate surface area is 140 Å². The summed E-state index contributed by atoms with van der Waals surface area (Å²) in [5, 5.41) is 15.4. The van der Waals surface area contributed by atoms with Gasteiger partial charge in [-0.15, -0.1) is 0 Å². The molecule has 0 aliphatic heterocycles. The molecule has 1 aromatic carbocycles. The number of nitrogens with zero attached hydrogens (tertiary/aromatic N) is 3. The summed E-state index contributed by atoms with van der Waals surface area (Å²) in [5.74, 6) is -1.32. The minimum Gasteiger partial charge on any atom is -0.478 e. The number of nitrogen functional groups attached to an aromatic ring is 1. The number of amides is 1. The summed E-state index contributed by atoms with van der Waals surface area (Å²) in [6.45, 7) is 0. The number of carboxylic acid groups (broad SMARTS) is 1. The number of aromatic amines is 1. The van der Waals surface area contributed by atoms with E-state index in [9.17, 15) is 14.4 Å². The second-order valence-electron chi connectivity index (χ2n) is 5.26. The van der Waals surface area contributed by atoms with E-state index in [-0.39, 0.29) is 23.8 Å². The summed E-state index contributed by atoms with van der Waals surface area (Å²) in [6, 6.07) is 5.83. The molecule has 128 valence electrons. The molecule has 0 aliphatic carbocycles. The van der Waals surface area contributed by atoms with Crippen LogP contribution >= 0.6 is 0 Å². The lowest BCUT2D eigenvalue weighted by Gasteiger charge is -2.05. The topological polar surface area (TPSA) is 155 Å². The van der Waals surface area contributed by atoms with Crippen LogP contribution in [0, 0.1) is 0 Å². The predicted octanol–water partition coefficient (Wildman–Crippen LogP) is 0.269. The summed E-state index contributed by atoms with van der Waals surface area (Å²) < 4.78 is 1.08. The molecule has 1 amide bonds. The van der Waals surface area contributed by atoms with Crippen LogP contribution < -0.4 is 16.7 Å². The first-order valence-corrected chi connectivity index (χ1v) is 7.29. The van der Waals surface area contributed by atoms with E-state index in [0.29, 0.717) is 23.3 Å². The first-order chi connectivity index (χ1) is 11.9. The molecular formula is C15H14N6O4. The number of anilines is 2. The van der Waals surface area contributed by atoms with Gasteiger partial charge < -0.3 is 16.2 Å². The Balaban J connectivity index is 1.66. The van der Waals surface area contributed by atoms with Crippen LogP contribution in [0.1, 0.15) is 22.3 Å². The van der Waals surface area contributed by atoms with Gasteiger partial charge in [0.15, 0.2) is 5.65 Å². The van der Waals surface area contributed by atoms with Gasteiger partial charge in [0.1, 0.15) is 0 Å². The van der Waals surface area contributed by atoms with Gasteiger partial charge in [0.25, 0.3) is 0 Å². The molecule has 0 saturated carbocycles. The number of carbonyl (C=O) groups is 2. The van der Waals surface area contributed by atoms with Gasteiger partial charge in [-0.1, -0.05) is 0 Å². The number of H-pyrrole nitrogens is 1. The van der Waals surface area contributed by atoms with E-state index in [0.717, 1.165) is 4.52 Å². The highest BCUT2D eigenvalue weighted by atomic mass is 16.4. The van der Waals surface area contributed by atoms with E-state index in [1.165, 1.54) is 30.5 Å². The maximum Gasteiger partial charge on any atom is 0.350 e. The van der Waals surface area contributed by atoms with Crippen molar-refractivity contribution in [2.45, 2.75) is 12.8 Å². The minimum atomic E-state index is -1.03. The molecule has 0 fully saturated rings. The van der Waals surface area contributed by atoms with E-state index < -0.39 is 11.7 Å². The van der Waals surface area contributed by atoms with Crippen LogP contribution in [0.5, 0.6) is 0 Å². The van der Waals surface area contributed by atoms with Crippen molar-refractivity contribution in [3.63, 3.8) is 0 Å². The molecule has 0 spiro atoms. The van der Waals surface area contributed by atoms with Crippen molar-refractivity contribution in [2.75, 3.05) is 11.1 Å². The van der Waals surface area contributed by atoms with Crippen molar-refractivity contribution >= 4 is 29.2 Å². The van der Waals surface area contributed by atoms with Crippen LogP contribution in [-0.2, 0) is 11.2 Å². The highest BCUT2D eigenvalue weighted by Crippen LogP contribution is 2.12. The molecule has 2 aromatic heterocycles. The average molecular weight is 342 g/mol. The number of rotatable bonds is 5. The maximum atomic E-state index is 12.0. The molecule has 10 nitrogen and oxygen atoms in total. The predicted molar refractivity (Wildman–Crippen MR) is 88.4 cm³/mol. The first kappa shape index (κ1) is 16.2. The summed E-state index contributed by atoms with van der Waals surface area (Å²) in [5.41, 5.74) is 6.57. The normalized spacial score (nSPS) is 10.7. The molecule has 0 bridgehead atoms. The fraction of sp³-hybridized carbons (Fsp3) is 0.133. The van der Waals surface area contributed by atoms with Crippen molar-refractivity contribution in [2.24, 2.45) is 0 Å². The van der Waals surface area contributed by atoms with Crippen molar-refractivity contribution < 1.29 is 14.7 Å². The summed E-state index contributed by atoms with van der Waals surface area (Å²) >= 11 is 0. The number of aryl methyl sites for hydroxylation is 1. The fourth-order valence-corrected chi connectivity index (χ4v) is 2.29. The lowest BCUT2D eigenvalue weighted by Crippen LogP contribution is -2.20. The number of carbonyl (C=O) groups excluding carboxylic acids is 1. The van der Waals surface area contributed by atoms with Crippen molar-refractivity contribution in [1.29, 1.82) is 0 Å². The number of aromatic nitrogens is 4. The minimum absolute atomic E-state index is 0.0257. The molecule has 0 unspecified atom stereocenters. The van der Waals surface area contributed by atoms with Crippen molar-refractivity contribution in [3.8, 4) is 0 Å². The lowest BCUT2D eigenvalue weighted by molar-refractivity contribution is -0.116. The summed E-state index contributed by atoms with van der Waals surface area (Å²) in [7, 11) is 0. The molecular weight excluding hydrogens is 328 g/mol. The Morgan fingerprint density at radius 2 is 2.00 bits per heavy atom. The van der Waals surface area contributed by atoms with Gasteiger partial charge in [0.2, 0.25) is 11.9 Å². The van der Waals surface area contributed by atoms with E-state index in [2.05, 4.69) is 20.4 Å². The van der Waals surface area contributed by atoms with E-state index >= 15 is 0 Å². The third kappa shape index (κ3) is 3.47. The second-order valence-corrected chi connectivity index (χ2v) is 5.26. The fourth-order valence-electron chi connectivity index (χ4n) is 2.29. The number of nitrogens with one attached hydrogen (secondary N) is 2. The Bertz CT molecular complexity index is 1010. The molecule has 3 rings (SSSR count). The zero-order valence-electron chi connectivity index (χ0n) is 12.9. The van der Waals surface area contributed by atoms with Crippen LogP contribution in [0.25, 0.3) is 5.65 Å². The van der Waals surface area contributed by atoms with Gasteiger partial charge in [-0.25, -0.2) is 9.59 Å². The monoisotopic (exact) mass is 342 g/mol. The zero-order chi connectivity index (χ0) is 18.0. The van der Waals surface area contributed by atoms with Crippen LogP contribution in [0.15, 0.2) is 35.3 Å². The maximum absolute atomic E-state index is 12.0. The van der Waals surface area contributed by atoms with Crippen LogP contribution in [-0.4, -0.2) is 36.6 Å². The summed E-state index contributed by atoms with van der Waals surface area (Å²) in [6.07, 6.45) is 1.92. The van der Waals surface area contributed by atoms with Gasteiger partial charge in [-0.05, 0) is 30.7 Å². The molecule has 10 heteroatoms. The molecule has 0 aliphatic rings. The van der Waals surface area contributed by atoms with Gasteiger partial charge in [-0.2, -0.15) is 14.6 Å². The van der Waals surface area contributed by atoms with Gasteiger partial charge >= 0.3 is 11.7 Å². The molecule has 2 heterocycles. The average Bonchev–Trinajstić information content (AvgIpc) is 2.96. The van der Waals surface area contributed by atoms with E-state index in [4.69, 9.17) is 10.8 Å². The SMILES string of the molecule is Nc1nc2c(CCC(=O)Nc3ccc(C(=O)O)cc3)cnn2c(=O)[nH]1. The Morgan fingerprint density at radius 3 is 2.68 bits per heavy atom. The number of carboxylic acids is 1. The highest BCUT2D eigenvalue weighted by molar-refractivity contribution is 5.92. The molecule has 0 saturated heterocycles. The first-order valence-electron chi connectivity index (χ1n) is 7.29. The van der Waals surface area contributed by atoms with Crippen molar-refractivity contribution in [1.82, 2.24) is 19.6 Å². The molecule has 0 radical (unpaired) electrons.